The Hall–Kier alpha value is -2.39. The second kappa shape index (κ2) is 12.9. The van der Waals surface area contributed by atoms with Gasteiger partial charge in [0.15, 0.2) is 0 Å². The molecular formula is C25H36N2O. The van der Waals surface area contributed by atoms with Crippen LogP contribution in [0.5, 0.6) is 0 Å². The van der Waals surface area contributed by atoms with Gasteiger partial charge in [-0.1, -0.05) is 70.0 Å². The van der Waals surface area contributed by atoms with Crippen molar-refractivity contribution >= 4 is 5.91 Å². The van der Waals surface area contributed by atoms with Gasteiger partial charge >= 0.3 is 0 Å². The van der Waals surface area contributed by atoms with E-state index < -0.39 is 0 Å². The number of amides is 1. The highest BCUT2D eigenvalue weighted by Crippen LogP contribution is 2.24. The smallest absolute Gasteiger partial charge is 0.227 e. The number of carbonyl (C=O) groups is 1. The van der Waals surface area contributed by atoms with Crippen LogP contribution in [-0.4, -0.2) is 19.0 Å². The molecule has 1 fully saturated rings. The first-order valence-electron chi connectivity index (χ1n) is 10.1. The molecule has 1 amide bonds. The molecule has 2 unspecified atom stereocenters. The van der Waals surface area contributed by atoms with Gasteiger partial charge in [0.1, 0.15) is 0 Å². The van der Waals surface area contributed by atoms with Crippen LogP contribution in [0, 0.1) is 17.8 Å². The predicted molar refractivity (Wildman–Crippen MR) is 122 cm³/mol. The summed E-state index contributed by atoms with van der Waals surface area (Å²) in [5.74, 6) is 0.391. The van der Waals surface area contributed by atoms with E-state index in [1.54, 1.807) is 12.2 Å². The average molecular weight is 381 g/mol. The molecular weight excluding hydrogens is 344 g/mol. The highest BCUT2D eigenvalue weighted by molar-refractivity contribution is 5.81. The Morgan fingerprint density at radius 2 is 1.79 bits per heavy atom. The molecule has 0 aromatic rings. The summed E-state index contributed by atoms with van der Waals surface area (Å²) in [5.41, 5.74) is 3.05. The zero-order valence-corrected chi connectivity index (χ0v) is 17.7. The molecule has 1 rings (SSSR count). The van der Waals surface area contributed by atoms with Gasteiger partial charge in [0.05, 0.1) is 0 Å². The van der Waals surface area contributed by atoms with Crippen LogP contribution >= 0.6 is 0 Å². The van der Waals surface area contributed by atoms with Crippen molar-refractivity contribution in [2.45, 2.75) is 33.6 Å². The maximum Gasteiger partial charge on any atom is 0.227 e. The molecule has 1 saturated heterocycles. The van der Waals surface area contributed by atoms with Crippen LogP contribution in [-0.2, 0) is 4.79 Å². The zero-order valence-electron chi connectivity index (χ0n) is 17.7. The van der Waals surface area contributed by atoms with Crippen LogP contribution in [0.25, 0.3) is 0 Å². The molecule has 1 aliphatic heterocycles. The lowest BCUT2D eigenvalue weighted by Crippen LogP contribution is -2.32. The summed E-state index contributed by atoms with van der Waals surface area (Å²) in [6.45, 7) is 19.5. The molecule has 0 radical (unpaired) electrons. The van der Waals surface area contributed by atoms with Gasteiger partial charge in [-0.15, -0.1) is 0 Å². The first-order chi connectivity index (χ1) is 13.5. The standard InChI is InChI=1S/C25H36N2O/c1-7-11-13-21(9-3)19(5)20(6)25(28)27-24(12-8-2)18-22(10-4)23-14-16-26-17-15-23/h7-13,18-20,23,26H,1-2,4,14-17H2,3,5-6H3,(H,27,28)/b13-11-,21-9+,22-18+,24-12+. The van der Waals surface area contributed by atoms with E-state index in [-0.39, 0.29) is 17.7 Å². The summed E-state index contributed by atoms with van der Waals surface area (Å²) in [5, 5.41) is 6.46. The normalized spacial score (nSPS) is 19.2. The Labute approximate surface area is 171 Å². The monoisotopic (exact) mass is 380 g/mol. The number of carbonyl (C=O) groups excluding carboxylic acids is 1. The zero-order chi connectivity index (χ0) is 20.9. The highest BCUT2D eigenvalue weighted by atomic mass is 16.1. The second-order valence-corrected chi connectivity index (χ2v) is 7.18. The minimum absolute atomic E-state index is 0.00285. The fourth-order valence-corrected chi connectivity index (χ4v) is 3.39. The first-order valence-corrected chi connectivity index (χ1v) is 10.1. The van der Waals surface area contributed by atoms with E-state index in [0.29, 0.717) is 5.92 Å². The predicted octanol–water partition coefficient (Wildman–Crippen LogP) is 5.25. The molecule has 1 aliphatic rings. The van der Waals surface area contributed by atoms with Crippen LogP contribution in [0.3, 0.4) is 0 Å². The number of allylic oxidation sites excluding steroid dienone is 10. The maximum atomic E-state index is 12.9. The molecule has 0 aromatic carbocycles. The van der Waals surface area contributed by atoms with Gasteiger partial charge in [0.25, 0.3) is 0 Å². The van der Waals surface area contributed by atoms with Gasteiger partial charge < -0.3 is 10.6 Å². The van der Waals surface area contributed by atoms with E-state index in [0.717, 1.165) is 37.2 Å². The lowest BCUT2D eigenvalue weighted by atomic mass is 9.87. The number of rotatable bonds is 10. The van der Waals surface area contributed by atoms with Gasteiger partial charge in [-0.3, -0.25) is 4.79 Å². The van der Waals surface area contributed by atoms with Crippen LogP contribution < -0.4 is 10.6 Å². The Morgan fingerprint density at radius 1 is 1.11 bits per heavy atom. The fraction of sp³-hybridized carbons (Fsp3) is 0.400. The molecule has 2 N–H and O–H groups in total. The average Bonchev–Trinajstić information content (AvgIpc) is 2.72. The van der Waals surface area contributed by atoms with Gasteiger partial charge in [-0.25, -0.2) is 0 Å². The van der Waals surface area contributed by atoms with E-state index in [2.05, 4.69) is 37.3 Å². The van der Waals surface area contributed by atoms with Crippen molar-refractivity contribution in [3.8, 4) is 0 Å². The Morgan fingerprint density at radius 3 is 2.32 bits per heavy atom. The van der Waals surface area contributed by atoms with Crippen LogP contribution in [0.1, 0.15) is 33.6 Å². The van der Waals surface area contributed by atoms with Crippen LogP contribution in [0.15, 0.2) is 85.2 Å². The van der Waals surface area contributed by atoms with E-state index in [9.17, 15) is 4.79 Å². The number of hydrogen-bond acceptors (Lipinski definition) is 2. The van der Waals surface area contributed by atoms with E-state index in [1.165, 1.54) is 5.57 Å². The Bertz CT molecular complexity index is 673. The van der Waals surface area contributed by atoms with E-state index in [1.807, 2.05) is 50.3 Å². The quantitative estimate of drug-likeness (QED) is 0.509. The SMILES string of the molecule is C=C/C=C\C(=C/C)C(C)C(C)C(=O)NC(=C/C=C)/C=C(\C=C)C1CCNCC1. The van der Waals surface area contributed by atoms with Gasteiger partial charge in [-0.05, 0) is 68.0 Å². The summed E-state index contributed by atoms with van der Waals surface area (Å²) in [6, 6.07) is 0. The summed E-state index contributed by atoms with van der Waals surface area (Å²) in [4.78, 5) is 12.9. The van der Waals surface area contributed by atoms with Gasteiger partial charge in [-0.2, -0.15) is 0 Å². The maximum absolute atomic E-state index is 12.9. The van der Waals surface area contributed by atoms with Crippen LogP contribution in [0.2, 0.25) is 0 Å². The molecule has 1 heterocycles. The van der Waals surface area contributed by atoms with Crippen molar-refractivity contribution in [1.29, 1.82) is 0 Å². The molecule has 28 heavy (non-hydrogen) atoms. The summed E-state index contributed by atoms with van der Waals surface area (Å²) < 4.78 is 0. The van der Waals surface area contributed by atoms with E-state index in [4.69, 9.17) is 0 Å². The van der Waals surface area contributed by atoms with Crippen molar-refractivity contribution in [1.82, 2.24) is 10.6 Å². The summed E-state index contributed by atoms with van der Waals surface area (Å²) in [6.07, 6.45) is 17.4. The molecule has 0 aromatic heterocycles. The molecule has 0 saturated carbocycles. The fourth-order valence-electron chi connectivity index (χ4n) is 3.39. The molecule has 2 atom stereocenters. The Kier molecular flexibility index (Phi) is 10.9. The number of hydrogen-bond donors (Lipinski definition) is 2. The lowest BCUT2D eigenvalue weighted by Gasteiger charge is -2.24. The number of piperidine rings is 1. The third-order valence-electron chi connectivity index (χ3n) is 5.38. The topological polar surface area (TPSA) is 41.1 Å². The summed E-state index contributed by atoms with van der Waals surface area (Å²) in [7, 11) is 0. The molecule has 0 spiro atoms. The number of nitrogens with one attached hydrogen (secondary N) is 2. The highest BCUT2D eigenvalue weighted by Gasteiger charge is 2.23. The molecule has 0 aliphatic carbocycles. The van der Waals surface area contributed by atoms with Crippen molar-refractivity contribution in [2.75, 3.05) is 13.1 Å². The Balaban J connectivity index is 2.93. The third-order valence-corrected chi connectivity index (χ3v) is 5.38. The lowest BCUT2D eigenvalue weighted by molar-refractivity contribution is -0.124. The molecule has 3 nitrogen and oxygen atoms in total. The molecule has 3 heteroatoms. The van der Waals surface area contributed by atoms with Crippen molar-refractivity contribution in [3.63, 3.8) is 0 Å². The minimum Gasteiger partial charge on any atom is -0.326 e. The molecule has 0 bridgehead atoms. The van der Waals surface area contributed by atoms with Crippen molar-refractivity contribution in [2.24, 2.45) is 17.8 Å². The van der Waals surface area contributed by atoms with E-state index >= 15 is 0 Å². The van der Waals surface area contributed by atoms with Gasteiger partial charge in [0, 0.05) is 11.6 Å². The van der Waals surface area contributed by atoms with Crippen LogP contribution in [0.4, 0.5) is 0 Å². The minimum atomic E-state index is -0.173. The van der Waals surface area contributed by atoms with Crippen molar-refractivity contribution in [3.05, 3.63) is 85.2 Å². The van der Waals surface area contributed by atoms with Gasteiger partial charge in [0.2, 0.25) is 5.91 Å². The summed E-state index contributed by atoms with van der Waals surface area (Å²) >= 11 is 0. The largest absolute Gasteiger partial charge is 0.326 e. The third kappa shape index (κ3) is 7.32. The molecule has 152 valence electrons. The van der Waals surface area contributed by atoms with Crippen molar-refractivity contribution < 1.29 is 4.79 Å². The second-order valence-electron chi connectivity index (χ2n) is 7.18. The first kappa shape index (κ1) is 23.6.